The molecular weight excluding hydrogens is 415 g/mol. The molecule has 146 valence electrons. The molecule has 4 aromatic rings. The van der Waals surface area contributed by atoms with Gasteiger partial charge in [0.15, 0.2) is 5.39 Å². The average Bonchev–Trinajstić information content (AvgIpc) is 2.69. The van der Waals surface area contributed by atoms with Crippen LogP contribution in [-0.4, -0.2) is 16.7 Å². The molecule has 0 aliphatic carbocycles. The van der Waals surface area contributed by atoms with Crippen LogP contribution in [0.2, 0.25) is 10.0 Å². The highest BCUT2D eigenvalue weighted by molar-refractivity contribution is 6.36. The lowest BCUT2D eigenvalue weighted by Gasteiger charge is -2.13. The number of allylic oxidation sites excluding steroid dienone is 1. The summed E-state index contributed by atoms with van der Waals surface area (Å²) in [6, 6.07) is 9.60. The summed E-state index contributed by atoms with van der Waals surface area (Å²) >= 11 is 12.3. The maximum absolute atomic E-state index is 13.2. The van der Waals surface area contributed by atoms with Gasteiger partial charge in [0.2, 0.25) is 11.1 Å². The molecule has 0 radical (unpaired) electrons. The highest BCUT2D eigenvalue weighted by atomic mass is 35.5. The fourth-order valence-electron chi connectivity index (χ4n) is 3.12. The zero-order valence-corrected chi connectivity index (χ0v) is 16.8. The molecule has 0 amide bonds. The van der Waals surface area contributed by atoms with Gasteiger partial charge in [-0.15, -0.1) is 6.58 Å². The quantitative estimate of drug-likeness (QED) is 0.348. The third-order valence-electron chi connectivity index (χ3n) is 4.49. The van der Waals surface area contributed by atoms with Gasteiger partial charge >= 0.3 is 0 Å². The van der Waals surface area contributed by atoms with Crippen molar-refractivity contribution in [1.82, 2.24) is 9.55 Å². The lowest BCUT2D eigenvalue weighted by molar-refractivity contribution is 0.414. The van der Waals surface area contributed by atoms with Crippen LogP contribution in [0.1, 0.15) is 0 Å². The lowest BCUT2D eigenvalue weighted by atomic mass is 10.1. The van der Waals surface area contributed by atoms with Crippen molar-refractivity contribution < 1.29 is 9.15 Å². The van der Waals surface area contributed by atoms with Gasteiger partial charge in [0.05, 0.1) is 17.5 Å². The first-order chi connectivity index (χ1) is 13.9. The minimum atomic E-state index is -0.539. The Balaban J connectivity index is 2.15. The van der Waals surface area contributed by atoms with Crippen molar-refractivity contribution in [2.75, 3.05) is 7.11 Å². The normalized spacial score (nSPS) is 11.1. The molecule has 0 aliphatic rings. The molecule has 6 nitrogen and oxygen atoms in total. The summed E-state index contributed by atoms with van der Waals surface area (Å²) < 4.78 is 12.3. The van der Waals surface area contributed by atoms with Crippen molar-refractivity contribution in [2.45, 2.75) is 6.54 Å². The molecule has 8 heteroatoms. The number of nitrogens with zero attached hydrogens (tertiary/aromatic N) is 2. The molecule has 0 fully saturated rings. The van der Waals surface area contributed by atoms with Gasteiger partial charge in [0.1, 0.15) is 17.2 Å². The van der Waals surface area contributed by atoms with Crippen molar-refractivity contribution in [3.05, 3.63) is 79.7 Å². The van der Waals surface area contributed by atoms with E-state index < -0.39 is 11.0 Å². The zero-order chi connectivity index (χ0) is 20.7. The van der Waals surface area contributed by atoms with Gasteiger partial charge in [0.25, 0.3) is 5.56 Å². The minimum Gasteiger partial charge on any atom is -0.497 e. The highest BCUT2D eigenvalue weighted by Gasteiger charge is 2.20. The fraction of sp³-hybridized carbons (Fsp3) is 0.0952. The largest absolute Gasteiger partial charge is 0.497 e. The summed E-state index contributed by atoms with van der Waals surface area (Å²) in [6.45, 7) is 3.82. The topological polar surface area (TPSA) is 74.3 Å². The molecule has 0 atom stereocenters. The van der Waals surface area contributed by atoms with E-state index in [1.807, 2.05) is 0 Å². The average molecular weight is 429 g/mol. The van der Waals surface area contributed by atoms with E-state index in [0.29, 0.717) is 21.4 Å². The number of ether oxygens (including phenoxy) is 1. The Kier molecular flexibility index (Phi) is 4.90. The van der Waals surface area contributed by atoms with Gasteiger partial charge < -0.3 is 9.15 Å². The van der Waals surface area contributed by atoms with E-state index in [2.05, 4.69) is 11.6 Å². The molecule has 2 aromatic heterocycles. The maximum Gasteiger partial charge on any atom is 0.269 e. The minimum absolute atomic E-state index is 0.0814. The van der Waals surface area contributed by atoms with Crippen molar-refractivity contribution in [3.8, 4) is 17.1 Å². The van der Waals surface area contributed by atoms with Crippen LogP contribution in [0.25, 0.3) is 33.5 Å². The summed E-state index contributed by atoms with van der Waals surface area (Å²) in [7, 11) is 1.51. The third-order valence-corrected chi connectivity index (χ3v) is 5.03. The molecule has 0 spiro atoms. The van der Waals surface area contributed by atoms with Crippen LogP contribution >= 0.6 is 23.2 Å². The number of hydrogen-bond acceptors (Lipinski definition) is 5. The number of rotatable bonds is 4. The first kappa shape index (κ1) is 19.2. The van der Waals surface area contributed by atoms with Crippen molar-refractivity contribution in [3.63, 3.8) is 0 Å². The standard InChI is InChI=1S/C21H14Cl2N2O4/c1-3-8-25-19(13-6-4-11(22)9-15(13)23)24-20-17(21(25)27)18(26)14-7-5-12(28-2)10-16(14)29-20/h3-7,9-10H,1,8H2,2H3. The van der Waals surface area contributed by atoms with Gasteiger partial charge in [-0.1, -0.05) is 29.3 Å². The van der Waals surface area contributed by atoms with E-state index in [1.165, 1.54) is 17.8 Å². The van der Waals surface area contributed by atoms with Crippen LogP contribution < -0.4 is 15.7 Å². The molecule has 0 aliphatic heterocycles. The van der Waals surface area contributed by atoms with Crippen LogP contribution in [0, 0.1) is 0 Å². The second-order valence-corrected chi connectivity index (χ2v) is 7.08. The number of methoxy groups -OCH3 is 1. The Hall–Kier alpha value is -3.09. The highest BCUT2D eigenvalue weighted by Crippen LogP contribution is 2.30. The lowest BCUT2D eigenvalue weighted by Crippen LogP contribution is -2.27. The van der Waals surface area contributed by atoms with Crippen molar-refractivity contribution in [2.24, 2.45) is 0 Å². The van der Waals surface area contributed by atoms with E-state index in [4.69, 9.17) is 32.4 Å². The van der Waals surface area contributed by atoms with Gasteiger partial charge in [-0.2, -0.15) is 4.98 Å². The first-order valence-electron chi connectivity index (χ1n) is 8.56. The third kappa shape index (κ3) is 3.20. The molecule has 0 unspecified atom stereocenters. The fourth-order valence-corrected chi connectivity index (χ4v) is 3.61. The Morgan fingerprint density at radius 3 is 2.69 bits per heavy atom. The summed E-state index contributed by atoms with van der Waals surface area (Å²) in [6.07, 6.45) is 1.54. The van der Waals surface area contributed by atoms with Gasteiger partial charge in [0, 0.05) is 23.2 Å². The van der Waals surface area contributed by atoms with Crippen LogP contribution in [0.15, 0.2) is 63.1 Å². The number of halogens is 2. The molecule has 0 bridgehead atoms. The Bertz CT molecular complexity index is 1410. The van der Waals surface area contributed by atoms with Crippen LogP contribution in [0.4, 0.5) is 0 Å². The molecule has 2 heterocycles. The smallest absolute Gasteiger partial charge is 0.269 e. The molecule has 0 saturated heterocycles. The monoisotopic (exact) mass is 428 g/mol. The molecule has 0 saturated carbocycles. The summed E-state index contributed by atoms with van der Waals surface area (Å²) in [5.74, 6) is 0.760. The first-order valence-corrected chi connectivity index (χ1v) is 9.32. The SMILES string of the molecule is C=CCn1c(-c2ccc(Cl)cc2Cl)nc2oc3cc(OC)ccc3c(=O)c2c1=O. The van der Waals surface area contributed by atoms with E-state index >= 15 is 0 Å². The molecule has 29 heavy (non-hydrogen) atoms. The van der Waals surface area contributed by atoms with Gasteiger partial charge in [-0.3, -0.25) is 14.2 Å². The number of hydrogen-bond donors (Lipinski definition) is 0. The van der Waals surface area contributed by atoms with Crippen molar-refractivity contribution in [1.29, 1.82) is 0 Å². The number of fused-ring (bicyclic) bond motifs is 2. The van der Waals surface area contributed by atoms with Gasteiger partial charge in [-0.25, -0.2) is 0 Å². The summed E-state index contributed by atoms with van der Waals surface area (Å²) in [5, 5.41) is 0.881. The Labute approximate surface area is 174 Å². The van der Waals surface area contributed by atoms with Gasteiger partial charge in [-0.05, 0) is 30.3 Å². The van der Waals surface area contributed by atoms with E-state index in [1.54, 1.807) is 36.4 Å². The predicted octanol–water partition coefficient (Wildman–Crippen LogP) is 4.67. The Morgan fingerprint density at radius 2 is 2.00 bits per heavy atom. The zero-order valence-electron chi connectivity index (χ0n) is 15.2. The molecule has 4 rings (SSSR count). The number of aromatic nitrogens is 2. The summed E-state index contributed by atoms with van der Waals surface area (Å²) in [4.78, 5) is 30.7. The second-order valence-electron chi connectivity index (χ2n) is 6.24. The van der Waals surface area contributed by atoms with Crippen molar-refractivity contribution >= 4 is 45.3 Å². The van der Waals surface area contributed by atoms with E-state index in [9.17, 15) is 9.59 Å². The summed E-state index contributed by atoms with van der Waals surface area (Å²) in [5.41, 5.74) is -0.342. The molecule has 0 N–H and O–H groups in total. The van der Waals surface area contributed by atoms with Crippen LogP contribution in [-0.2, 0) is 6.54 Å². The van der Waals surface area contributed by atoms with Crippen LogP contribution in [0.5, 0.6) is 5.75 Å². The maximum atomic E-state index is 13.2. The van der Waals surface area contributed by atoms with Crippen LogP contribution in [0.3, 0.4) is 0 Å². The Morgan fingerprint density at radius 1 is 1.21 bits per heavy atom. The van der Waals surface area contributed by atoms with E-state index in [-0.39, 0.29) is 34.4 Å². The number of benzene rings is 2. The molecular formula is C21H14Cl2N2O4. The predicted molar refractivity (Wildman–Crippen MR) is 114 cm³/mol. The van der Waals surface area contributed by atoms with E-state index in [0.717, 1.165) is 0 Å². The second kappa shape index (κ2) is 7.39. The molecule has 2 aromatic carbocycles.